The summed E-state index contributed by atoms with van der Waals surface area (Å²) in [7, 11) is 0. The van der Waals surface area contributed by atoms with Gasteiger partial charge in [-0.3, -0.25) is 9.69 Å². The third-order valence-corrected chi connectivity index (χ3v) is 5.28. The standard InChI is InChI=1S/C18H26N2O/c1-13-5-4-6-14(2)18(13)12-20-10-16-7-8-17(20)11-19(9-16)15(3)21/h4-6,16-17H,7-12H2,1-3H3/t16-,17+/m0/s1. The Kier molecular flexibility index (Phi) is 4.03. The molecule has 2 bridgehead atoms. The van der Waals surface area contributed by atoms with Crippen molar-refractivity contribution in [2.24, 2.45) is 5.92 Å². The zero-order chi connectivity index (χ0) is 15.0. The van der Waals surface area contributed by atoms with E-state index in [0.717, 1.165) is 26.2 Å². The molecule has 1 amide bonds. The minimum absolute atomic E-state index is 0.237. The van der Waals surface area contributed by atoms with Gasteiger partial charge in [0.05, 0.1) is 0 Å². The fourth-order valence-corrected chi connectivity index (χ4v) is 3.93. The van der Waals surface area contributed by atoms with Gasteiger partial charge in [-0.15, -0.1) is 0 Å². The van der Waals surface area contributed by atoms with Crippen LogP contribution in [0, 0.1) is 19.8 Å². The van der Waals surface area contributed by atoms with E-state index < -0.39 is 0 Å². The third kappa shape index (κ3) is 2.98. The van der Waals surface area contributed by atoms with E-state index in [-0.39, 0.29) is 5.91 Å². The van der Waals surface area contributed by atoms with Gasteiger partial charge in [0.25, 0.3) is 0 Å². The summed E-state index contributed by atoms with van der Waals surface area (Å²) in [6.45, 7) is 10.2. The van der Waals surface area contributed by atoms with Crippen LogP contribution in [0.1, 0.15) is 36.5 Å². The molecule has 1 aromatic rings. The van der Waals surface area contributed by atoms with Crippen LogP contribution in [0.25, 0.3) is 0 Å². The lowest BCUT2D eigenvalue weighted by molar-refractivity contribution is -0.129. The summed E-state index contributed by atoms with van der Waals surface area (Å²) in [5, 5.41) is 0. The van der Waals surface area contributed by atoms with Crippen LogP contribution in [0.3, 0.4) is 0 Å². The van der Waals surface area contributed by atoms with Crippen LogP contribution in [0.2, 0.25) is 0 Å². The number of piperidine rings is 1. The molecule has 21 heavy (non-hydrogen) atoms. The van der Waals surface area contributed by atoms with Crippen LogP contribution >= 0.6 is 0 Å². The van der Waals surface area contributed by atoms with Crippen molar-refractivity contribution in [3.8, 4) is 0 Å². The molecular weight excluding hydrogens is 260 g/mol. The Hall–Kier alpha value is -1.35. The smallest absolute Gasteiger partial charge is 0.219 e. The van der Waals surface area contributed by atoms with Gasteiger partial charge in [0.15, 0.2) is 0 Å². The number of fused-ring (bicyclic) bond motifs is 4. The first-order chi connectivity index (χ1) is 10.0. The quantitative estimate of drug-likeness (QED) is 0.834. The molecule has 0 aromatic heterocycles. The highest BCUT2D eigenvalue weighted by atomic mass is 16.2. The van der Waals surface area contributed by atoms with Crippen LogP contribution in [0.4, 0.5) is 0 Å². The normalized spacial score (nSPS) is 26.0. The second-order valence-corrected chi connectivity index (χ2v) is 6.82. The number of aryl methyl sites for hydroxylation is 2. The minimum Gasteiger partial charge on any atom is -0.341 e. The van der Waals surface area contributed by atoms with E-state index >= 15 is 0 Å². The maximum atomic E-state index is 11.8. The van der Waals surface area contributed by atoms with E-state index in [1.54, 1.807) is 6.92 Å². The van der Waals surface area contributed by atoms with Crippen LogP contribution < -0.4 is 0 Å². The largest absolute Gasteiger partial charge is 0.341 e. The van der Waals surface area contributed by atoms with Gasteiger partial charge in [-0.05, 0) is 49.3 Å². The Morgan fingerprint density at radius 1 is 1.14 bits per heavy atom. The number of nitrogens with zero attached hydrogens (tertiary/aromatic N) is 2. The van der Waals surface area contributed by atoms with Gasteiger partial charge in [0.2, 0.25) is 5.91 Å². The molecule has 3 aliphatic heterocycles. The molecule has 0 saturated carbocycles. The van der Waals surface area contributed by atoms with Crippen LogP contribution in [0.5, 0.6) is 0 Å². The van der Waals surface area contributed by atoms with Crippen molar-refractivity contribution >= 4 is 5.91 Å². The molecule has 4 rings (SSSR count). The van der Waals surface area contributed by atoms with Crippen LogP contribution in [0.15, 0.2) is 18.2 Å². The van der Waals surface area contributed by atoms with Crippen LogP contribution in [-0.2, 0) is 11.3 Å². The number of hydrogen-bond donors (Lipinski definition) is 0. The van der Waals surface area contributed by atoms with E-state index in [0.29, 0.717) is 12.0 Å². The maximum Gasteiger partial charge on any atom is 0.219 e. The lowest BCUT2D eigenvalue weighted by Crippen LogP contribution is -2.43. The Bertz CT molecular complexity index is 520. The molecule has 114 valence electrons. The average Bonchev–Trinajstić information content (AvgIpc) is 2.75. The molecule has 0 aliphatic carbocycles. The summed E-state index contributed by atoms with van der Waals surface area (Å²) in [5.41, 5.74) is 4.25. The Morgan fingerprint density at radius 2 is 1.86 bits per heavy atom. The SMILES string of the molecule is CC(=O)N1C[C@@H]2CC[C@H](C1)N(Cc1c(C)cccc1C)C2. The number of rotatable bonds is 2. The van der Waals surface area contributed by atoms with Gasteiger partial charge in [0, 0.05) is 39.1 Å². The summed E-state index contributed by atoms with van der Waals surface area (Å²) in [6.07, 6.45) is 2.51. The lowest BCUT2D eigenvalue weighted by Gasteiger charge is -2.36. The summed E-state index contributed by atoms with van der Waals surface area (Å²) in [4.78, 5) is 16.4. The molecule has 3 heteroatoms. The van der Waals surface area contributed by atoms with Gasteiger partial charge >= 0.3 is 0 Å². The average molecular weight is 286 g/mol. The zero-order valence-electron chi connectivity index (χ0n) is 13.4. The van der Waals surface area contributed by atoms with Gasteiger partial charge in [0.1, 0.15) is 0 Å². The van der Waals surface area contributed by atoms with E-state index in [4.69, 9.17) is 0 Å². The topological polar surface area (TPSA) is 23.6 Å². The lowest BCUT2D eigenvalue weighted by atomic mass is 9.93. The molecule has 0 N–H and O–H groups in total. The first-order valence-corrected chi connectivity index (χ1v) is 8.09. The van der Waals surface area contributed by atoms with Crippen molar-refractivity contribution in [1.82, 2.24) is 9.80 Å². The second-order valence-electron chi connectivity index (χ2n) is 6.82. The highest BCUT2D eigenvalue weighted by Gasteiger charge is 2.35. The van der Waals surface area contributed by atoms with Crippen molar-refractivity contribution in [1.29, 1.82) is 0 Å². The molecule has 3 heterocycles. The van der Waals surface area contributed by atoms with Crippen molar-refractivity contribution < 1.29 is 4.79 Å². The minimum atomic E-state index is 0.237. The van der Waals surface area contributed by atoms with Crippen molar-refractivity contribution in [2.45, 2.75) is 46.2 Å². The molecule has 0 unspecified atom stereocenters. The number of benzene rings is 1. The van der Waals surface area contributed by atoms with Crippen molar-refractivity contribution in [2.75, 3.05) is 19.6 Å². The third-order valence-electron chi connectivity index (χ3n) is 5.28. The Labute approximate surface area is 127 Å². The molecule has 3 aliphatic rings. The predicted molar refractivity (Wildman–Crippen MR) is 85.1 cm³/mol. The summed E-state index contributed by atoms with van der Waals surface area (Å²) in [5.74, 6) is 0.887. The van der Waals surface area contributed by atoms with E-state index in [2.05, 4.69) is 41.8 Å². The highest BCUT2D eigenvalue weighted by molar-refractivity contribution is 5.73. The molecule has 3 nitrogen and oxygen atoms in total. The fraction of sp³-hybridized carbons (Fsp3) is 0.611. The first kappa shape index (κ1) is 14.6. The summed E-state index contributed by atoms with van der Waals surface area (Å²) in [6, 6.07) is 7.09. The molecule has 0 radical (unpaired) electrons. The molecule has 0 spiro atoms. The van der Waals surface area contributed by atoms with Gasteiger partial charge in [-0.2, -0.15) is 0 Å². The van der Waals surface area contributed by atoms with Crippen LogP contribution in [-0.4, -0.2) is 41.4 Å². The summed E-state index contributed by atoms with van der Waals surface area (Å²) >= 11 is 0. The van der Waals surface area contributed by atoms with Crippen molar-refractivity contribution in [3.05, 3.63) is 34.9 Å². The highest BCUT2D eigenvalue weighted by Crippen LogP contribution is 2.30. The number of hydrogen-bond acceptors (Lipinski definition) is 2. The van der Waals surface area contributed by atoms with Gasteiger partial charge in [-0.25, -0.2) is 0 Å². The fourth-order valence-electron chi connectivity index (χ4n) is 3.93. The number of carbonyl (C=O) groups excluding carboxylic acids is 1. The molecule has 1 aromatic carbocycles. The Balaban J connectivity index is 1.79. The predicted octanol–water partition coefficient (Wildman–Crippen LogP) is 2.75. The zero-order valence-corrected chi connectivity index (χ0v) is 13.4. The molecule has 3 fully saturated rings. The number of amides is 1. The van der Waals surface area contributed by atoms with E-state index in [1.807, 2.05) is 0 Å². The molecule has 3 saturated heterocycles. The number of carbonyl (C=O) groups is 1. The first-order valence-electron chi connectivity index (χ1n) is 8.09. The molecule has 2 atom stereocenters. The maximum absolute atomic E-state index is 11.8. The second kappa shape index (κ2) is 5.80. The monoisotopic (exact) mass is 286 g/mol. The molecular formula is C18H26N2O. The Morgan fingerprint density at radius 3 is 2.52 bits per heavy atom. The van der Waals surface area contributed by atoms with E-state index in [9.17, 15) is 4.79 Å². The van der Waals surface area contributed by atoms with Gasteiger partial charge in [-0.1, -0.05) is 18.2 Å². The van der Waals surface area contributed by atoms with Gasteiger partial charge < -0.3 is 4.90 Å². The summed E-state index contributed by atoms with van der Waals surface area (Å²) < 4.78 is 0. The van der Waals surface area contributed by atoms with Crippen molar-refractivity contribution in [3.63, 3.8) is 0 Å². The van der Waals surface area contributed by atoms with E-state index in [1.165, 1.54) is 29.5 Å².